The molecule has 1 aromatic carbocycles. The minimum absolute atomic E-state index is 0.0837. The molecule has 110 valence electrons. The monoisotopic (exact) mass is 285 g/mol. The summed E-state index contributed by atoms with van der Waals surface area (Å²) >= 11 is 0. The summed E-state index contributed by atoms with van der Waals surface area (Å²) < 4.78 is 0. The molecule has 1 aliphatic rings. The molecule has 5 heteroatoms. The number of fused-ring (bicyclic) bond motifs is 1. The quantitative estimate of drug-likeness (QED) is 0.906. The zero-order chi connectivity index (χ0) is 14.8. The summed E-state index contributed by atoms with van der Waals surface area (Å²) in [6.07, 6.45) is 2.22. The van der Waals surface area contributed by atoms with Gasteiger partial charge >= 0.3 is 5.97 Å². The largest absolute Gasteiger partial charge is 0.477 e. The molecule has 1 fully saturated rings. The lowest BCUT2D eigenvalue weighted by atomic mass is 10.1. The van der Waals surface area contributed by atoms with Crippen LogP contribution in [0.25, 0.3) is 10.8 Å². The van der Waals surface area contributed by atoms with Crippen LogP contribution in [-0.4, -0.2) is 47.1 Å². The number of likely N-dealkylation sites (N-methyl/N-ethyl adjacent to an activating group) is 1. The Morgan fingerprint density at radius 2 is 2.24 bits per heavy atom. The number of aromatic carboxylic acids is 1. The van der Waals surface area contributed by atoms with E-state index in [2.05, 4.69) is 22.2 Å². The predicted molar refractivity (Wildman–Crippen MR) is 82.8 cm³/mol. The van der Waals surface area contributed by atoms with Crippen LogP contribution >= 0.6 is 0 Å². The third kappa shape index (κ3) is 2.97. The molecule has 3 rings (SSSR count). The molecule has 1 unspecified atom stereocenters. The van der Waals surface area contributed by atoms with Crippen molar-refractivity contribution in [3.63, 3.8) is 0 Å². The molecule has 0 aliphatic carbocycles. The molecule has 0 radical (unpaired) electrons. The second-order valence-electron chi connectivity index (χ2n) is 5.63. The van der Waals surface area contributed by atoms with Gasteiger partial charge in [0, 0.05) is 18.0 Å². The molecular formula is C16H19N3O2. The first-order valence-electron chi connectivity index (χ1n) is 7.21. The number of carboxylic acid groups (broad SMARTS) is 1. The van der Waals surface area contributed by atoms with Crippen LogP contribution in [0.15, 0.2) is 30.3 Å². The molecule has 21 heavy (non-hydrogen) atoms. The molecule has 2 heterocycles. The van der Waals surface area contributed by atoms with E-state index < -0.39 is 5.97 Å². The smallest absolute Gasteiger partial charge is 0.354 e. The minimum Gasteiger partial charge on any atom is -0.477 e. The van der Waals surface area contributed by atoms with E-state index in [1.807, 2.05) is 24.3 Å². The number of nitrogens with one attached hydrogen (secondary N) is 1. The SMILES string of the molecule is CN1CCCC(Nc2nc(C(=O)O)cc3ccccc23)C1. The maximum Gasteiger partial charge on any atom is 0.354 e. The molecular weight excluding hydrogens is 266 g/mol. The van der Waals surface area contributed by atoms with E-state index in [0.717, 1.165) is 36.7 Å². The Labute approximate surface area is 123 Å². The second kappa shape index (κ2) is 5.69. The summed E-state index contributed by atoms with van der Waals surface area (Å²) in [7, 11) is 2.10. The summed E-state index contributed by atoms with van der Waals surface area (Å²) in [6, 6.07) is 9.68. The maximum atomic E-state index is 11.2. The number of benzene rings is 1. The lowest BCUT2D eigenvalue weighted by molar-refractivity contribution is 0.0691. The number of anilines is 1. The summed E-state index contributed by atoms with van der Waals surface area (Å²) in [5, 5.41) is 14.5. The zero-order valence-corrected chi connectivity index (χ0v) is 12.0. The Kier molecular flexibility index (Phi) is 3.75. The van der Waals surface area contributed by atoms with E-state index in [4.69, 9.17) is 0 Å². The number of carboxylic acids is 1. The van der Waals surface area contributed by atoms with Gasteiger partial charge < -0.3 is 15.3 Å². The van der Waals surface area contributed by atoms with Gasteiger partial charge in [-0.15, -0.1) is 0 Å². The van der Waals surface area contributed by atoms with Crippen molar-refractivity contribution in [3.8, 4) is 0 Å². The van der Waals surface area contributed by atoms with Gasteiger partial charge in [0.15, 0.2) is 5.69 Å². The van der Waals surface area contributed by atoms with Gasteiger partial charge in [-0.1, -0.05) is 24.3 Å². The highest BCUT2D eigenvalue weighted by Crippen LogP contribution is 2.24. The van der Waals surface area contributed by atoms with Gasteiger partial charge in [-0.2, -0.15) is 0 Å². The number of rotatable bonds is 3. The van der Waals surface area contributed by atoms with E-state index in [9.17, 15) is 9.90 Å². The molecule has 0 saturated carbocycles. The summed E-state index contributed by atoms with van der Waals surface area (Å²) in [4.78, 5) is 17.8. The van der Waals surface area contributed by atoms with Crippen molar-refractivity contribution >= 4 is 22.6 Å². The molecule has 5 nitrogen and oxygen atoms in total. The van der Waals surface area contributed by atoms with Crippen molar-refractivity contribution in [1.82, 2.24) is 9.88 Å². The van der Waals surface area contributed by atoms with Crippen LogP contribution in [0.4, 0.5) is 5.82 Å². The van der Waals surface area contributed by atoms with Crippen LogP contribution in [-0.2, 0) is 0 Å². The Hall–Kier alpha value is -2.14. The Morgan fingerprint density at radius 1 is 1.43 bits per heavy atom. The Balaban J connectivity index is 1.97. The fraction of sp³-hybridized carbons (Fsp3) is 0.375. The highest BCUT2D eigenvalue weighted by molar-refractivity contribution is 5.97. The van der Waals surface area contributed by atoms with Crippen LogP contribution in [0.5, 0.6) is 0 Å². The molecule has 0 spiro atoms. The van der Waals surface area contributed by atoms with Gasteiger partial charge in [0.2, 0.25) is 0 Å². The van der Waals surface area contributed by atoms with Crippen molar-refractivity contribution in [1.29, 1.82) is 0 Å². The van der Waals surface area contributed by atoms with E-state index >= 15 is 0 Å². The summed E-state index contributed by atoms with van der Waals surface area (Å²) in [5.74, 6) is -0.324. The predicted octanol–water partition coefficient (Wildman–Crippen LogP) is 2.44. The molecule has 1 aromatic heterocycles. The number of hydrogen-bond donors (Lipinski definition) is 2. The topological polar surface area (TPSA) is 65.5 Å². The Morgan fingerprint density at radius 3 is 3.00 bits per heavy atom. The molecule has 2 N–H and O–H groups in total. The standard InChI is InChI=1S/C16H19N3O2/c1-19-8-4-6-12(10-19)17-15-13-7-3-2-5-11(13)9-14(18-15)16(20)21/h2-3,5,7,9,12H,4,6,8,10H2,1H3,(H,17,18)(H,20,21). The fourth-order valence-electron chi connectivity index (χ4n) is 2.90. The van der Waals surface area contributed by atoms with Gasteiger partial charge in [-0.25, -0.2) is 9.78 Å². The first-order chi connectivity index (χ1) is 10.1. The fourth-order valence-corrected chi connectivity index (χ4v) is 2.90. The number of likely N-dealkylation sites (tertiary alicyclic amines) is 1. The highest BCUT2D eigenvalue weighted by Gasteiger charge is 2.19. The molecule has 1 saturated heterocycles. The average molecular weight is 285 g/mol. The summed E-state index contributed by atoms with van der Waals surface area (Å²) in [6.45, 7) is 2.06. The van der Waals surface area contributed by atoms with E-state index in [1.165, 1.54) is 0 Å². The van der Waals surface area contributed by atoms with Gasteiger partial charge in [-0.05, 0) is 37.9 Å². The number of nitrogens with zero attached hydrogens (tertiary/aromatic N) is 2. The third-order valence-electron chi connectivity index (χ3n) is 3.92. The minimum atomic E-state index is -0.996. The molecule has 1 aliphatic heterocycles. The van der Waals surface area contributed by atoms with Crippen LogP contribution in [0.1, 0.15) is 23.3 Å². The molecule has 0 amide bonds. The Bertz CT molecular complexity index is 672. The van der Waals surface area contributed by atoms with E-state index in [0.29, 0.717) is 11.9 Å². The molecule has 2 aromatic rings. The normalized spacial score (nSPS) is 19.6. The number of aromatic nitrogens is 1. The maximum absolute atomic E-state index is 11.2. The van der Waals surface area contributed by atoms with Crippen molar-refractivity contribution in [3.05, 3.63) is 36.0 Å². The average Bonchev–Trinajstić information content (AvgIpc) is 2.47. The lowest BCUT2D eigenvalue weighted by Crippen LogP contribution is -2.40. The number of pyridine rings is 1. The lowest BCUT2D eigenvalue weighted by Gasteiger charge is -2.30. The van der Waals surface area contributed by atoms with Gasteiger partial charge in [-0.3, -0.25) is 0 Å². The third-order valence-corrected chi connectivity index (χ3v) is 3.92. The van der Waals surface area contributed by atoms with Gasteiger partial charge in [0.1, 0.15) is 5.82 Å². The van der Waals surface area contributed by atoms with Crippen molar-refractivity contribution < 1.29 is 9.90 Å². The number of carbonyl (C=O) groups is 1. The highest BCUT2D eigenvalue weighted by atomic mass is 16.4. The van der Waals surface area contributed by atoms with Crippen LogP contribution in [0.3, 0.4) is 0 Å². The van der Waals surface area contributed by atoms with Crippen LogP contribution in [0, 0.1) is 0 Å². The van der Waals surface area contributed by atoms with Crippen molar-refractivity contribution in [2.24, 2.45) is 0 Å². The molecule has 1 atom stereocenters. The molecule has 0 bridgehead atoms. The van der Waals surface area contributed by atoms with Crippen LogP contribution < -0.4 is 5.32 Å². The second-order valence-corrected chi connectivity index (χ2v) is 5.63. The van der Waals surface area contributed by atoms with Crippen LogP contribution in [0.2, 0.25) is 0 Å². The van der Waals surface area contributed by atoms with E-state index in [-0.39, 0.29) is 5.69 Å². The van der Waals surface area contributed by atoms with Gasteiger partial charge in [0.05, 0.1) is 0 Å². The zero-order valence-electron chi connectivity index (χ0n) is 12.0. The first-order valence-corrected chi connectivity index (χ1v) is 7.21. The summed E-state index contributed by atoms with van der Waals surface area (Å²) in [5.41, 5.74) is 0.0837. The van der Waals surface area contributed by atoms with Crippen molar-refractivity contribution in [2.75, 3.05) is 25.5 Å². The number of hydrogen-bond acceptors (Lipinski definition) is 4. The first kappa shape index (κ1) is 13.8. The van der Waals surface area contributed by atoms with Gasteiger partial charge in [0.25, 0.3) is 0 Å². The van der Waals surface area contributed by atoms with Crippen molar-refractivity contribution in [2.45, 2.75) is 18.9 Å². The van der Waals surface area contributed by atoms with E-state index in [1.54, 1.807) is 6.07 Å². The number of piperidine rings is 1.